The SMILES string of the molecule is I.NC(=NCC(O)COc1cccc(Cl)c1Cl)N1CCSCC1. The Morgan fingerprint density at radius 1 is 1.39 bits per heavy atom. The highest BCUT2D eigenvalue weighted by atomic mass is 127. The van der Waals surface area contributed by atoms with E-state index in [1.807, 2.05) is 16.7 Å². The van der Waals surface area contributed by atoms with Crippen molar-refractivity contribution in [2.75, 3.05) is 37.7 Å². The van der Waals surface area contributed by atoms with Crippen molar-refractivity contribution in [2.24, 2.45) is 10.7 Å². The predicted molar refractivity (Wildman–Crippen MR) is 109 cm³/mol. The van der Waals surface area contributed by atoms with Crippen LogP contribution in [-0.2, 0) is 0 Å². The Bertz CT molecular complexity index is 531. The van der Waals surface area contributed by atoms with Gasteiger partial charge in [-0.3, -0.25) is 4.99 Å². The van der Waals surface area contributed by atoms with E-state index in [4.69, 9.17) is 33.7 Å². The molecule has 130 valence electrons. The second-order valence-corrected chi connectivity index (χ2v) is 6.82. The third-order valence-corrected chi connectivity index (χ3v) is 4.89. The second kappa shape index (κ2) is 10.7. The molecule has 3 N–H and O–H groups in total. The molecule has 0 aromatic heterocycles. The lowest BCUT2D eigenvalue weighted by Crippen LogP contribution is -2.43. The molecule has 2 rings (SSSR count). The summed E-state index contributed by atoms with van der Waals surface area (Å²) in [5.74, 6) is 3.02. The van der Waals surface area contributed by atoms with E-state index in [9.17, 15) is 5.11 Å². The van der Waals surface area contributed by atoms with Crippen LogP contribution in [0.1, 0.15) is 0 Å². The first-order valence-corrected chi connectivity index (χ1v) is 8.86. The fraction of sp³-hybridized carbons (Fsp3) is 0.500. The van der Waals surface area contributed by atoms with E-state index in [0.717, 1.165) is 24.6 Å². The summed E-state index contributed by atoms with van der Waals surface area (Å²) in [5.41, 5.74) is 5.92. The number of hydrogen-bond acceptors (Lipinski definition) is 4. The highest BCUT2D eigenvalue weighted by molar-refractivity contribution is 14.0. The number of halogens is 3. The number of aliphatic imine (C=N–C) groups is 1. The fourth-order valence-corrected chi connectivity index (χ4v) is 3.18. The number of nitrogens with zero attached hydrogens (tertiary/aromatic N) is 2. The van der Waals surface area contributed by atoms with Gasteiger partial charge >= 0.3 is 0 Å². The average Bonchev–Trinajstić information content (AvgIpc) is 2.54. The summed E-state index contributed by atoms with van der Waals surface area (Å²) < 4.78 is 5.46. The first kappa shape index (κ1) is 21.0. The molecule has 1 unspecified atom stereocenters. The number of aliphatic hydroxyl groups excluding tert-OH is 1. The van der Waals surface area contributed by atoms with Gasteiger partial charge in [0.05, 0.1) is 11.6 Å². The lowest BCUT2D eigenvalue weighted by molar-refractivity contribution is 0.114. The van der Waals surface area contributed by atoms with E-state index in [1.165, 1.54) is 0 Å². The number of rotatable bonds is 5. The molecule has 1 aliphatic heterocycles. The van der Waals surface area contributed by atoms with Crippen LogP contribution in [0.4, 0.5) is 0 Å². The number of benzene rings is 1. The van der Waals surface area contributed by atoms with Crippen LogP contribution in [-0.4, -0.2) is 59.8 Å². The van der Waals surface area contributed by atoms with Crippen LogP contribution in [0.3, 0.4) is 0 Å². The molecule has 0 radical (unpaired) electrons. The van der Waals surface area contributed by atoms with Crippen molar-refractivity contribution >= 4 is 64.9 Å². The van der Waals surface area contributed by atoms with Crippen molar-refractivity contribution in [3.05, 3.63) is 28.2 Å². The van der Waals surface area contributed by atoms with Gasteiger partial charge in [-0.1, -0.05) is 29.3 Å². The van der Waals surface area contributed by atoms with E-state index in [0.29, 0.717) is 21.8 Å². The minimum Gasteiger partial charge on any atom is -0.489 e. The van der Waals surface area contributed by atoms with Crippen LogP contribution in [0.15, 0.2) is 23.2 Å². The van der Waals surface area contributed by atoms with Crippen molar-refractivity contribution in [1.82, 2.24) is 4.90 Å². The fourth-order valence-electron chi connectivity index (χ4n) is 1.93. The van der Waals surface area contributed by atoms with Crippen LogP contribution < -0.4 is 10.5 Å². The van der Waals surface area contributed by atoms with E-state index >= 15 is 0 Å². The molecule has 1 fully saturated rings. The van der Waals surface area contributed by atoms with Gasteiger partial charge in [-0.05, 0) is 12.1 Å². The summed E-state index contributed by atoms with van der Waals surface area (Å²) in [6.07, 6.45) is -0.757. The summed E-state index contributed by atoms with van der Waals surface area (Å²) in [6, 6.07) is 5.11. The number of aliphatic hydroxyl groups is 1. The molecule has 1 aliphatic rings. The summed E-state index contributed by atoms with van der Waals surface area (Å²) >= 11 is 13.8. The summed E-state index contributed by atoms with van der Waals surface area (Å²) in [5, 5.41) is 10.7. The average molecular weight is 492 g/mol. The van der Waals surface area contributed by atoms with Crippen molar-refractivity contribution in [3.63, 3.8) is 0 Å². The lowest BCUT2D eigenvalue weighted by atomic mass is 10.3. The molecule has 23 heavy (non-hydrogen) atoms. The summed E-state index contributed by atoms with van der Waals surface area (Å²) in [7, 11) is 0. The highest BCUT2D eigenvalue weighted by Crippen LogP contribution is 2.31. The molecule has 0 bridgehead atoms. The number of nitrogens with two attached hydrogens (primary N) is 1. The summed E-state index contributed by atoms with van der Waals surface area (Å²) in [6.45, 7) is 2.05. The summed E-state index contributed by atoms with van der Waals surface area (Å²) in [4.78, 5) is 6.25. The largest absolute Gasteiger partial charge is 0.489 e. The minimum absolute atomic E-state index is 0. The van der Waals surface area contributed by atoms with Gasteiger partial charge < -0.3 is 20.5 Å². The zero-order valence-electron chi connectivity index (χ0n) is 12.5. The molecule has 9 heteroatoms. The third-order valence-electron chi connectivity index (χ3n) is 3.15. The van der Waals surface area contributed by atoms with Gasteiger partial charge in [0.2, 0.25) is 0 Å². The van der Waals surface area contributed by atoms with Gasteiger partial charge in [0.1, 0.15) is 23.5 Å². The maximum absolute atomic E-state index is 9.93. The molecule has 5 nitrogen and oxygen atoms in total. The van der Waals surface area contributed by atoms with Gasteiger partial charge in [-0.25, -0.2) is 0 Å². The number of guanidine groups is 1. The molecule has 0 spiro atoms. The maximum Gasteiger partial charge on any atom is 0.191 e. The molecule has 0 aliphatic carbocycles. The van der Waals surface area contributed by atoms with Crippen molar-refractivity contribution in [2.45, 2.75) is 6.10 Å². The highest BCUT2D eigenvalue weighted by Gasteiger charge is 2.13. The van der Waals surface area contributed by atoms with E-state index < -0.39 is 6.10 Å². The molecular weight excluding hydrogens is 472 g/mol. The second-order valence-electron chi connectivity index (χ2n) is 4.82. The first-order valence-electron chi connectivity index (χ1n) is 6.95. The molecule has 0 saturated carbocycles. The van der Waals surface area contributed by atoms with Gasteiger partial charge in [0, 0.05) is 24.6 Å². The molecule has 1 atom stereocenters. The molecule has 1 aromatic carbocycles. The van der Waals surface area contributed by atoms with E-state index in [2.05, 4.69) is 4.99 Å². The Morgan fingerprint density at radius 3 is 2.78 bits per heavy atom. The quantitative estimate of drug-likeness (QED) is 0.376. The number of thioether (sulfide) groups is 1. The predicted octanol–water partition coefficient (Wildman–Crippen LogP) is 2.71. The Hall–Kier alpha value is -0.0900. The van der Waals surface area contributed by atoms with Gasteiger partial charge in [-0.2, -0.15) is 11.8 Å². The zero-order chi connectivity index (χ0) is 15.9. The van der Waals surface area contributed by atoms with Crippen LogP contribution in [0.25, 0.3) is 0 Å². The Morgan fingerprint density at radius 2 is 2.09 bits per heavy atom. The lowest BCUT2D eigenvalue weighted by Gasteiger charge is -2.27. The normalized spacial score (nSPS) is 16.7. The van der Waals surface area contributed by atoms with Crippen LogP contribution in [0, 0.1) is 0 Å². The number of hydrogen-bond donors (Lipinski definition) is 2. The van der Waals surface area contributed by atoms with Crippen molar-refractivity contribution < 1.29 is 9.84 Å². The number of ether oxygens (including phenoxy) is 1. The molecule has 1 saturated heterocycles. The van der Waals surface area contributed by atoms with Gasteiger partial charge in [0.25, 0.3) is 0 Å². The Balaban J connectivity index is 0.00000264. The standard InChI is InChI=1S/C14H19Cl2N3O2S.HI/c15-11-2-1-3-12(13(11)16)21-9-10(20)8-18-14(17)19-4-6-22-7-5-19;/h1-3,10,20H,4-9H2,(H2,17,18);1H. The monoisotopic (exact) mass is 491 g/mol. The maximum atomic E-state index is 9.93. The zero-order valence-corrected chi connectivity index (χ0v) is 17.1. The first-order chi connectivity index (χ1) is 10.6. The molecule has 1 heterocycles. The molecule has 0 amide bonds. The van der Waals surface area contributed by atoms with Gasteiger partial charge in [-0.15, -0.1) is 24.0 Å². The topological polar surface area (TPSA) is 71.1 Å². The third kappa shape index (κ3) is 6.74. The van der Waals surface area contributed by atoms with E-state index in [-0.39, 0.29) is 37.1 Å². The van der Waals surface area contributed by atoms with Crippen LogP contribution in [0.2, 0.25) is 10.0 Å². The van der Waals surface area contributed by atoms with Crippen LogP contribution >= 0.6 is 58.9 Å². The molecule has 1 aromatic rings. The minimum atomic E-state index is -0.757. The molecular formula is C14H20Cl2IN3O2S. The van der Waals surface area contributed by atoms with Gasteiger partial charge in [0.15, 0.2) is 5.96 Å². The van der Waals surface area contributed by atoms with Crippen molar-refractivity contribution in [1.29, 1.82) is 0 Å². The van der Waals surface area contributed by atoms with Crippen molar-refractivity contribution in [3.8, 4) is 5.75 Å². The Kier molecular flexibility index (Phi) is 9.76. The van der Waals surface area contributed by atoms with E-state index in [1.54, 1.807) is 18.2 Å². The smallest absolute Gasteiger partial charge is 0.191 e. The van der Waals surface area contributed by atoms with Crippen LogP contribution in [0.5, 0.6) is 5.75 Å². The Labute approximate surface area is 167 Å².